The SMILES string of the molecule is Cc1cccc(N2C(=O)CC(C(=O)O)C2C)c1. The second-order valence-electron chi connectivity index (χ2n) is 4.49. The third kappa shape index (κ3) is 2.02. The van der Waals surface area contributed by atoms with Gasteiger partial charge < -0.3 is 10.0 Å². The van der Waals surface area contributed by atoms with Crippen LogP contribution in [0.25, 0.3) is 0 Å². The highest BCUT2D eigenvalue weighted by molar-refractivity contribution is 6.00. The second-order valence-corrected chi connectivity index (χ2v) is 4.49. The fraction of sp³-hybridized carbons (Fsp3) is 0.385. The number of hydrogen-bond acceptors (Lipinski definition) is 2. The predicted octanol–water partition coefficient (Wildman–Crippen LogP) is 1.82. The van der Waals surface area contributed by atoms with Crippen molar-refractivity contribution < 1.29 is 14.7 Å². The summed E-state index contributed by atoms with van der Waals surface area (Å²) >= 11 is 0. The van der Waals surface area contributed by atoms with Crippen molar-refractivity contribution >= 4 is 17.6 Å². The van der Waals surface area contributed by atoms with E-state index in [1.165, 1.54) is 0 Å². The highest BCUT2D eigenvalue weighted by Gasteiger charge is 2.41. The van der Waals surface area contributed by atoms with Gasteiger partial charge in [0.1, 0.15) is 0 Å². The zero-order valence-electron chi connectivity index (χ0n) is 9.88. The van der Waals surface area contributed by atoms with Crippen LogP contribution in [-0.4, -0.2) is 23.0 Å². The van der Waals surface area contributed by atoms with E-state index in [0.29, 0.717) is 0 Å². The molecule has 4 nitrogen and oxygen atoms in total. The lowest BCUT2D eigenvalue weighted by Gasteiger charge is -2.23. The normalized spacial score (nSPS) is 24.1. The maximum Gasteiger partial charge on any atom is 0.309 e. The Bertz CT molecular complexity index is 469. The molecular formula is C13H15NO3. The zero-order valence-corrected chi connectivity index (χ0v) is 9.88. The van der Waals surface area contributed by atoms with Gasteiger partial charge in [-0.25, -0.2) is 0 Å². The summed E-state index contributed by atoms with van der Waals surface area (Å²) in [5.41, 5.74) is 1.84. The molecule has 2 atom stereocenters. The summed E-state index contributed by atoms with van der Waals surface area (Å²) in [6.45, 7) is 3.73. The van der Waals surface area contributed by atoms with Crippen LogP contribution < -0.4 is 4.90 Å². The molecule has 1 aliphatic heterocycles. The van der Waals surface area contributed by atoms with Crippen LogP contribution in [-0.2, 0) is 9.59 Å². The predicted molar refractivity (Wildman–Crippen MR) is 63.9 cm³/mol. The van der Waals surface area contributed by atoms with Crippen molar-refractivity contribution in [2.24, 2.45) is 5.92 Å². The summed E-state index contributed by atoms with van der Waals surface area (Å²) in [6, 6.07) is 7.27. The van der Waals surface area contributed by atoms with Crippen LogP contribution in [0.4, 0.5) is 5.69 Å². The minimum Gasteiger partial charge on any atom is -0.481 e. The lowest BCUT2D eigenvalue weighted by molar-refractivity contribution is -0.142. The van der Waals surface area contributed by atoms with Gasteiger partial charge in [-0.3, -0.25) is 9.59 Å². The smallest absolute Gasteiger partial charge is 0.309 e. The van der Waals surface area contributed by atoms with E-state index in [4.69, 9.17) is 5.11 Å². The lowest BCUT2D eigenvalue weighted by Crippen LogP contribution is -2.34. The van der Waals surface area contributed by atoms with E-state index >= 15 is 0 Å². The molecule has 90 valence electrons. The Labute approximate surface area is 99.9 Å². The summed E-state index contributed by atoms with van der Waals surface area (Å²) in [5, 5.41) is 9.04. The first kappa shape index (κ1) is 11.6. The minimum atomic E-state index is -0.902. The number of carboxylic acid groups (broad SMARTS) is 1. The summed E-state index contributed by atoms with van der Waals surface area (Å²) in [6.07, 6.45) is 0.0877. The van der Waals surface area contributed by atoms with Gasteiger partial charge in [0, 0.05) is 18.2 Å². The molecule has 2 rings (SSSR count). The third-order valence-corrected chi connectivity index (χ3v) is 3.25. The van der Waals surface area contributed by atoms with Gasteiger partial charge >= 0.3 is 5.97 Å². The Morgan fingerprint density at radius 1 is 1.47 bits per heavy atom. The number of carbonyl (C=O) groups is 2. The Balaban J connectivity index is 2.33. The Morgan fingerprint density at radius 3 is 2.71 bits per heavy atom. The van der Waals surface area contributed by atoms with Crippen molar-refractivity contribution in [2.45, 2.75) is 26.3 Å². The van der Waals surface area contributed by atoms with Gasteiger partial charge in [-0.2, -0.15) is 0 Å². The zero-order chi connectivity index (χ0) is 12.6. The first-order valence-corrected chi connectivity index (χ1v) is 5.62. The van der Waals surface area contributed by atoms with Gasteiger partial charge in [0.15, 0.2) is 0 Å². The maximum absolute atomic E-state index is 11.9. The number of benzene rings is 1. The summed E-state index contributed by atoms with van der Waals surface area (Å²) < 4.78 is 0. The number of amides is 1. The van der Waals surface area contributed by atoms with Crippen molar-refractivity contribution in [1.82, 2.24) is 0 Å². The Kier molecular flexibility index (Phi) is 2.88. The molecule has 2 unspecified atom stereocenters. The molecule has 1 amide bonds. The number of carbonyl (C=O) groups excluding carboxylic acids is 1. The van der Waals surface area contributed by atoms with Crippen LogP contribution in [0.15, 0.2) is 24.3 Å². The van der Waals surface area contributed by atoms with Crippen LogP contribution in [0.5, 0.6) is 0 Å². The monoisotopic (exact) mass is 233 g/mol. The molecule has 1 N–H and O–H groups in total. The lowest BCUT2D eigenvalue weighted by atomic mass is 10.0. The highest BCUT2D eigenvalue weighted by Crippen LogP contribution is 2.31. The Hall–Kier alpha value is -1.84. The van der Waals surface area contributed by atoms with Gasteiger partial charge in [0.05, 0.1) is 5.92 Å². The number of carboxylic acids is 1. The Morgan fingerprint density at radius 2 is 2.18 bits per heavy atom. The second kappa shape index (κ2) is 4.20. The van der Waals surface area contributed by atoms with E-state index in [1.807, 2.05) is 31.2 Å². The van der Waals surface area contributed by atoms with Crippen LogP contribution in [0, 0.1) is 12.8 Å². The molecular weight excluding hydrogens is 218 g/mol. The first-order chi connectivity index (χ1) is 8.00. The fourth-order valence-corrected chi connectivity index (χ4v) is 2.31. The number of hydrogen-bond donors (Lipinski definition) is 1. The minimum absolute atomic E-state index is 0.0877. The van der Waals surface area contributed by atoms with E-state index in [0.717, 1.165) is 11.3 Å². The van der Waals surface area contributed by atoms with E-state index in [1.54, 1.807) is 11.8 Å². The van der Waals surface area contributed by atoms with Crippen molar-refractivity contribution in [3.63, 3.8) is 0 Å². The van der Waals surface area contributed by atoms with Gasteiger partial charge in [-0.05, 0) is 31.5 Å². The standard InChI is InChI=1S/C13H15NO3/c1-8-4-3-5-10(6-8)14-9(2)11(13(16)17)7-12(14)15/h3-6,9,11H,7H2,1-2H3,(H,16,17). The number of nitrogens with zero attached hydrogens (tertiary/aromatic N) is 1. The van der Waals surface area contributed by atoms with Gasteiger partial charge in [-0.15, -0.1) is 0 Å². The van der Waals surface area contributed by atoms with Crippen LogP contribution in [0.2, 0.25) is 0 Å². The topological polar surface area (TPSA) is 57.6 Å². The average Bonchev–Trinajstić information content (AvgIpc) is 2.54. The van der Waals surface area contributed by atoms with E-state index in [2.05, 4.69) is 0 Å². The van der Waals surface area contributed by atoms with E-state index in [9.17, 15) is 9.59 Å². The number of anilines is 1. The summed E-state index contributed by atoms with van der Waals surface area (Å²) in [4.78, 5) is 24.5. The van der Waals surface area contributed by atoms with Gasteiger partial charge in [0.2, 0.25) is 5.91 Å². The number of aliphatic carboxylic acids is 1. The molecule has 0 saturated carbocycles. The first-order valence-electron chi connectivity index (χ1n) is 5.62. The van der Waals surface area contributed by atoms with E-state index in [-0.39, 0.29) is 18.4 Å². The molecule has 1 saturated heterocycles. The molecule has 1 aromatic carbocycles. The molecule has 1 heterocycles. The van der Waals surface area contributed by atoms with Crippen molar-refractivity contribution in [3.05, 3.63) is 29.8 Å². The maximum atomic E-state index is 11.9. The molecule has 0 aliphatic carbocycles. The third-order valence-electron chi connectivity index (χ3n) is 3.25. The van der Waals surface area contributed by atoms with Crippen molar-refractivity contribution in [3.8, 4) is 0 Å². The van der Waals surface area contributed by atoms with Crippen LogP contribution >= 0.6 is 0 Å². The van der Waals surface area contributed by atoms with Crippen molar-refractivity contribution in [1.29, 1.82) is 0 Å². The largest absolute Gasteiger partial charge is 0.481 e. The van der Waals surface area contributed by atoms with Crippen molar-refractivity contribution in [2.75, 3.05) is 4.90 Å². The van der Waals surface area contributed by atoms with E-state index < -0.39 is 11.9 Å². The molecule has 1 aliphatic rings. The fourth-order valence-electron chi connectivity index (χ4n) is 2.31. The molecule has 0 spiro atoms. The molecule has 1 aromatic rings. The molecule has 0 bridgehead atoms. The van der Waals surface area contributed by atoms with Gasteiger partial charge in [-0.1, -0.05) is 12.1 Å². The van der Waals surface area contributed by atoms with Crippen LogP contribution in [0.1, 0.15) is 18.9 Å². The number of rotatable bonds is 2. The van der Waals surface area contributed by atoms with Crippen LogP contribution in [0.3, 0.4) is 0 Å². The molecule has 4 heteroatoms. The molecule has 0 radical (unpaired) electrons. The average molecular weight is 233 g/mol. The van der Waals surface area contributed by atoms with Gasteiger partial charge in [0.25, 0.3) is 0 Å². The summed E-state index contributed by atoms with van der Waals surface area (Å²) in [5.74, 6) is -1.63. The highest BCUT2D eigenvalue weighted by atomic mass is 16.4. The molecule has 17 heavy (non-hydrogen) atoms. The summed E-state index contributed by atoms with van der Waals surface area (Å²) in [7, 11) is 0. The quantitative estimate of drug-likeness (QED) is 0.847. The molecule has 0 aromatic heterocycles. The molecule has 1 fully saturated rings. The number of aryl methyl sites for hydroxylation is 1.